The van der Waals surface area contributed by atoms with E-state index in [4.69, 9.17) is 0 Å². The predicted octanol–water partition coefficient (Wildman–Crippen LogP) is 8.38. The fourth-order valence-electron chi connectivity index (χ4n) is 3.82. The Morgan fingerprint density at radius 3 is 1.55 bits per heavy atom. The first-order valence-electron chi connectivity index (χ1n) is 12.5. The maximum Gasteiger partial charge on any atom is 0.269 e. The molecule has 3 aromatic carbocycles. The molecule has 0 heterocycles. The number of hydrogen-bond donors (Lipinski definition) is 2. The molecule has 3 aromatic rings. The van der Waals surface area contributed by atoms with Gasteiger partial charge >= 0.3 is 0 Å². The van der Waals surface area contributed by atoms with E-state index in [2.05, 4.69) is 30.8 Å². The van der Waals surface area contributed by atoms with Gasteiger partial charge in [0.05, 0.1) is 4.92 Å². The van der Waals surface area contributed by atoms with Gasteiger partial charge in [0.15, 0.2) is 0 Å². The lowest BCUT2D eigenvalue weighted by Crippen LogP contribution is -2.11. The van der Waals surface area contributed by atoms with Crippen LogP contribution >= 0.6 is 0 Å². The Kier molecular flexibility index (Phi) is 9.57. The lowest BCUT2D eigenvalue weighted by Gasteiger charge is -2.21. The molecule has 0 aromatic heterocycles. The molecule has 7 heteroatoms. The largest absolute Gasteiger partial charge is 0.505 e. The topological polar surface area (TPSA) is 108 Å². The van der Waals surface area contributed by atoms with Crippen LogP contribution in [0, 0.1) is 24.0 Å². The SMILES string of the molecule is CC=Nc1cc(C)cc(C(C)(C)C)c1O.Cc1cc(N=Cc2ccc([N+](=O)[O-])cc2)c(O)c(C(C)(C)C)c1. The normalized spacial score (nSPS) is 12.0. The van der Waals surface area contributed by atoms with Crippen LogP contribution in [0.1, 0.15) is 76.3 Å². The van der Waals surface area contributed by atoms with Crippen molar-refractivity contribution in [2.24, 2.45) is 9.98 Å². The minimum Gasteiger partial charge on any atom is -0.505 e. The van der Waals surface area contributed by atoms with E-state index in [1.807, 2.05) is 65.8 Å². The fourth-order valence-corrected chi connectivity index (χ4v) is 3.82. The quantitative estimate of drug-likeness (QED) is 0.206. The Morgan fingerprint density at radius 1 is 0.763 bits per heavy atom. The zero-order valence-electron chi connectivity index (χ0n) is 23.8. The molecule has 3 rings (SSSR count). The number of aromatic hydroxyl groups is 2. The van der Waals surface area contributed by atoms with Crippen molar-refractivity contribution in [1.29, 1.82) is 0 Å². The van der Waals surface area contributed by atoms with E-state index in [1.165, 1.54) is 12.1 Å². The van der Waals surface area contributed by atoms with Crippen molar-refractivity contribution < 1.29 is 15.1 Å². The zero-order valence-corrected chi connectivity index (χ0v) is 23.8. The van der Waals surface area contributed by atoms with Crippen LogP contribution in [-0.2, 0) is 10.8 Å². The second-order valence-corrected chi connectivity index (χ2v) is 11.4. The summed E-state index contributed by atoms with van der Waals surface area (Å²) in [5, 5.41) is 31.2. The lowest BCUT2D eigenvalue weighted by atomic mass is 9.85. The highest BCUT2D eigenvalue weighted by Gasteiger charge is 2.21. The minimum atomic E-state index is -0.442. The molecule has 0 saturated carbocycles. The molecule has 0 aliphatic rings. The highest BCUT2D eigenvalue weighted by molar-refractivity contribution is 5.83. The van der Waals surface area contributed by atoms with Crippen molar-refractivity contribution in [3.63, 3.8) is 0 Å². The van der Waals surface area contributed by atoms with Crippen LogP contribution in [-0.4, -0.2) is 27.6 Å². The molecule has 0 unspecified atom stereocenters. The first-order valence-corrected chi connectivity index (χ1v) is 12.5. The molecule has 0 atom stereocenters. The summed E-state index contributed by atoms with van der Waals surface area (Å²) in [6, 6.07) is 13.8. The average Bonchev–Trinajstić information content (AvgIpc) is 2.81. The predicted molar refractivity (Wildman–Crippen MR) is 157 cm³/mol. The highest BCUT2D eigenvalue weighted by atomic mass is 16.6. The van der Waals surface area contributed by atoms with Gasteiger partial charge in [-0.25, -0.2) is 0 Å². The van der Waals surface area contributed by atoms with Crippen molar-refractivity contribution >= 4 is 29.5 Å². The van der Waals surface area contributed by atoms with Crippen molar-refractivity contribution in [2.45, 2.75) is 73.1 Å². The molecular weight excluding hydrogens is 478 g/mol. The fraction of sp³-hybridized carbons (Fsp3) is 0.355. The van der Waals surface area contributed by atoms with Crippen molar-refractivity contribution in [2.75, 3.05) is 0 Å². The van der Waals surface area contributed by atoms with Gasteiger partial charge < -0.3 is 10.2 Å². The van der Waals surface area contributed by atoms with Crippen LogP contribution in [0.4, 0.5) is 17.1 Å². The summed E-state index contributed by atoms with van der Waals surface area (Å²) >= 11 is 0. The van der Waals surface area contributed by atoms with Crippen LogP contribution in [0.5, 0.6) is 11.5 Å². The summed E-state index contributed by atoms with van der Waals surface area (Å²) in [7, 11) is 0. The molecular formula is C31H39N3O4. The second-order valence-electron chi connectivity index (χ2n) is 11.4. The molecule has 0 bridgehead atoms. The van der Waals surface area contributed by atoms with E-state index in [0.29, 0.717) is 17.1 Å². The van der Waals surface area contributed by atoms with E-state index in [-0.39, 0.29) is 22.3 Å². The maximum absolute atomic E-state index is 10.6. The summed E-state index contributed by atoms with van der Waals surface area (Å²) in [5.41, 5.74) is 5.60. The Hall–Kier alpha value is -4.00. The van der Waals surface area contributed by atoms with Crippen LogP contribution in [0.15, 0.2) is 58.5 Å². The first kappa shape index (κ1) is 30.2. The number of phenolic OH excluding ortho intramolecular Hbond substituents is 2. The third-order valence-electron chi connectivity index (χ3n) is 5.81. The summed E-state index contributed by atoms with van der Waals surface area (Å²) < 4.78 is 0. The average molecular weight is 518 g/mol. The molecule has 2 N–H and O–H groups in total. The van der Waals surface area contributed by atoms with E-state index in [0.717, 1.165) is 27.8 Å². The van der Waals surface area contributed by atoms with Crippen molar-refractivity contribution in [3.05, 3.63) is 86.5 Å². The smallest absolute Gasteiger partial charge is 0.269 e. The van der Waals surface area contributed by atoms with Gasteiger partial charge in [-0.3, -0.25) is 20.1 Å². The summed E-state index contributed by atoms with van der Waals surface area (Å²) in [5.74, 6) is 0.465. The molecule has 0 amide bonds. The van der Waals surface area contributed by atoms with Crippen molar-refractivity contribution in [1.82, 2.24) is 0 Å². The molecule has 38 heavy (non-hydrogen) atoms. The lowest BCUT2D eigenvalue weighted by molar-refractivity contribution is -0.384. The third kappa shape index (κ3) is 8.00. The van der Waals surface area contributed by atoms with E-state index >= 15 is 0 Å². The number of hydrogen-bond acceptors (Lipinski definition) is 6. The van der Waals surface area contributed by atoms with Gasteiger partial charge in [-0.15, -0.1) is 0 Å². The summed E-state index contributed by atoms with van der Waals surface area (Å²) in [6.07, 6.45) is 3.28. The van der Waals surface area contributed by atoms with E-state index < -0.39 is 4.92 Å². The molecule has 0 fully saturated rings. The van der Waals surface area contributed by atoms with E-state index in [9.17, 15) is 20.3 Å². The van der Waals surface area contributed by atoms with Gasteiger partial charge in [0.1, 0.15) is 22.9 Å². The number of aliphatic imine (C=N–C) groups is 2. The first-order chi connectivity index (χ1) is 17.5. The molecule has 202 valence electrons. The van der Waals surface area contributed by atoms with Gasteiger partial charge in [-0.1, -0.05) is 53.7 Å². The number of phenols is 2. The van der Waals surface area contributed by atoms with Crippen LogP contribution in [0.3, 0.4) is 0 Å². The molecule has 0 aliphatic heterocycles. The van der Waals surface area contributed by atoms with Gasteiger partial charge in [0.25, 0.3) is 5.69 Å². The maximum atomic E-state index is 10.6. The second kappa shape index (κ2) is 12.0. The standard InChI is InChI=1S/C18H20N2O3.C13H19NO/c1-12-9-15(18(2,3)4)17(21)16(10-12)19-11-13-5-7-14(8-6-13)20(22)23;1-6-14-11-8-9(2)7-10(12(11)15)13(3,4)5/h5-11,21H,1-4H3;6-8,15H,1-5H3. The number of benzene rings is 3. The molecule has 0 spiro atoms. The number of non-ortho nitro benzene ring substituents is 1. The van der Waals surface area contributed by atoms with Gasteiger partial charge in [-0.2, -0.15) is 0 Å². The number of nitro benzene ring substituents is 1. The molecule has 0 radical (unpaired) electrons. The zero-order chi connectivity index (χ0) is 28.8. The molecule has 0 aliphatic carbocycles. The van der Waals surface area contributed by atoms with Gasteiger partial charge in [0.2, 0.25) is 0 Å². The Labute approximate surface area is 225 Å². The monoisotopic (exact) mass is 517 g/mol. The van der Waals surface area contributed by atoms with Gasteiger partial charge in [-0.05, 0) is 72.6 Å². The Morgan fingerprint density at radius 2 is 1.18 bits per heavy atom. The number of aryl methyl sites for hydroxylation is 2. The van der Waals surface area contributed by atoms with E-state index in [1.54, 1.807) is 24.6 Å². The molecule has 0 saturated heterocycles. The Balaban J connectivity index is 0.000000293. The van der Waals surface area contributed by atoms with Crippen LogP contribution in [0.2, 0.25) is 0 Å². The third-order valence-corrected chi connectivity index (χ3v) is 5.81. The number of nitrogens with zero attached hydrogens (tertiary/aromatic N) is 3. The number of rotatable bonds is 4. The summed E-state index contributed by atoms with van der Waals surface area (Å²) in [6.45, 7) is 18.2. The van der Waals surface area contributed by atoms with Crippen molar-refractivity contribution in [3.8, 4) is 11.5 Å². The minimum absolute atomic E-state index is 0.0376. The van der Waals surface area contributed by atoms with Gasteiger partial charge in [0, 0.05) is 35.7 Å². The highest BCUT2D eigenvalue weighted by Crippen LogP contribution is 2.39. The van der Waals surface area contributed by atoms with Crippen LogP contribution in [0.25, 0.3) is 0 Å². The summed E-state index contributed by atoms with van der Waals surface area (Å²) in [4.78, 5) is 18.7. The number of nitro groups is 1. The Bertz CT molecular complexity index is 1340. The van der Waals surface area contributed by atoms with Crippen LogP contribution < -0.4 is 0 Å². The molecule has 7 nitrogen and oxygen atoms in total.